The Balaban J connectivity index is 1.64. The van der Waals surface area contributed by atoms with Crippen molar-refractivity contribution < 1.29 is 14.3 Å². The highest BCUT2D eigenvalue weighted by molar-refractivity contribution is 7.99. The molecule has 32 heavy (non-hydrogen) atoms. The van der Waals surface area contributed by atoms with Crippen LogP contribution in [-0.2, 0) is 9.53 Å². The number of halogens is 2. The highest BCUT2D eigenvalue weighted by Gasteiger charge is 2.20. The van der Waals surface area contributed by atoms with Crippen molar-refractivity contribution in [2.24, 2.45) is 0 Å². The van der Waals surface area contributed by atoms with Gasteiger partial charge in [0.05, 0.1) is 36.0 Å². The van der Waals surface area contributed by atoms with Gasteiger partial charge >= 0.3 is 5.97 Å². The summed E-state index contributed by atoms with van der Waals surface area (Å²) in [5.74, 6) is -1.18. The van der Waals surface area contributed by atoms with E-state index in [9.17, 15) is 14.4 Å². The zero-order valence-corrected chi connectivity index (χ0v) is 18.5. The summed E-state index contributed by atoms with van der Waals surface area (Å²) in [6, 6.07) is 4.66. The summed E-state index contributed by atoms with van der Waals surface area (Å²) in [7, 11) is 1.22. The van der Waals surface area contributed by atoms with Crippen molar-refractivity contribution in [1.82, 2.24) is 29.9 Å². The van der Waals surface area contributed by atoms with E-state index in [4.69, 9.17) is 23.2 Å². The maximum Gasteiger partial charge on any atom is 0.343 e. The monoisotopic (exact) mass is 493 g/mol. The number of H-pyrrole nitrogens is 2. The first-order valence-corrected chi connectivity index (χ1v) is 10.6. The highest BCUT2D eigenvalue weighted by Crippen LogP contribution is 2.28. The fraction of sp³-hybridized carbons (Fsp3) is 0.111. The molecule has 0 aliphatic rings. The van der Waals surface area contributed by atoms with Gasteiger partial charge in [-0.15, -0.1) is 0 Å². The second-order valence-corrected chi connectivity index (χ2v) is 8.04. The van der Waals surface area contributed by atoms with Crippen molar-refractivity contribution in [2.75, 3.05) is 18.2 Å². The lowest BCUT2D eigenvalue weighted by Crippen LogP contribution is -2.23. The molecule has 4 aromatic rings. The number of anilines is 1. The van der Waals surface area contributed by atoms with Crippen LogP contribution in [0.3, 0.4) is 0 Å². The van der Waals surface area contributed by atoms with E-state index >= 15 is 0 Å². The van der Waals surface area contributed by atoms with Crippen LogP contribution < -0.4 is 10.9 Å². The topological polar surface area (TPSA) is 148 Å². The van der Waals surface area contributed by atoms with E-state index < -0.39 is 17.4 Å². The molecular weight excluding hydrogens is 481 g/mol. The number of benzene rings is 1. The first-order valence-electron chi connectivity index (χ1n) is 8.85. The third-order valence-electron chi connectivity index (χ3n) is 4.24. The molecular formula is C18H13Cl2N7O4S. The van der Waals surface area contributed by atoms with E-state index in [2.05, 4.69) is 35.4 Å². The quantitative estimate of drug-likeness (QED) is 0.211. The summed E-state index contributed by atoms with van der Waals surface area (Å²) in [6.07, 6.45) is 2.60. The van der Waals surface area contributed by atoms with E-state index in [0.29, 0.717) is 10.7 Å². The summed E-state index contributed by atoms with van der Waals surface area (Å²) in [5, 5.41) is 16.4. The molecule has 14 heteroatoms. The Morgan fingerprint density at radius 1 is 1.22 bits per heavy atom. The molecule has 0 aliphatic heterocycles. The molecule has 0 radical (unpaired) electrons. The van der Waals surface area contributed by atoms with Crippen LogP contribution in [0.2, 0.25) is 10.0 Å². The number of esters is 1. The van der Waals surface area contributed by atoms with Gasteiger partial charge in [-0.05, 0) is 18.2 Å². The van der Waals surface area contributed by atoms with E-state index in [0.717, 1.165) is 11.8 Å². The Kier molecular flexibility index (Phi) is 6.17. The SMILES string of the molecule is COC(=O)c1cn[nH]c1NC(=O)CSc1nc2[nH]ncc2c(=O)n1-c1ccc(Cl)cc1Cl. The van der Waals surface area contributed by atoms with Gasteiger partial charge < -0.3 is 10.1 Å². The number of hydrogen-bond acceptors (Lipinski definition) is 8. The van der Waals surface area contributed by atoms with Crippen molar-refractivity contribution in [1.29, 1.82) is 0 Å². The smallest absolute Gasteiger partial charge is 0.343 e. The van der Waals surface area contributed by atoms with Crippen molar-refractivity contribution in [3.05, 3.63) is 56.6 Å². The van der Waals surface area contributed by atoms with Gasteiger partial charge in [0.25, 0.3) is 5.56 Å². The fourth-order valence-corrected chi connectivity index (χ4v) is 4.09. The first kappa shape index (κ1) is 21.9. The molecule has 3 heterocycles. The van der Waals surface area contributed by atoms with Crippen LogP contribution in [0.25, 0.3) is 16.7 Å². The molecule has 3 N–H and O–H groups in total. The summed E-state index contributed by atoms with van der Waals surface area (Å²) in [4.78, 5) is 41.7. The van der Waals surface area contributed by atoms with Crippen LogP contribution in [0.4, 0.5) is 5.82 Å². The van der Waals surface area contributed by atoms with Gasteiger partial charge in [0.15, 0.2) is 10.8 Å². The average molecular weight is 494 g/mol. The molecule has 0 atom stereocenters. The third kappa shape index (κ3) is 4.20. The van der Waals surface area contributed by atoms with Crippen LogP contribution in [0.1, 0.15) is 10.4 Å². The molecule has 0 fully saturated rings. The maximum absolute atomic E-state index is 13.1. The molecule has 0 spiro atoms. The normalized spacial score (nSPS) is 11.0. The number of aromatic nitrogens is 6. The van der Waals surface area contributed by atoms with E-state index in [1.807, 2.05) is 0 Å². The van der Waals surface area contributed by atoms with Crippen LogP contribution in [-0.4, -0.2) is 54.7 Å². The minimum atomic E-state index is -0.653. The van der Waals surface area contributed by atoms with Crippen molar-refractivity contribution in [3.63, 3.8) is 0 Å². The van der Waals surface area contributed by atoms with Crippen LogP contribution in [0, 0.1) is 0 Å². The van der Waals surface area contributed by atoms with E-state index in [-0.39, 0.29) is 38.3 Å². The Bertz CT molecular complexity index is 1400. The highest BCUT2D eigenvalue weighted by atomic mass is 35.5. The second kappa shape index (κ2) is 9.02. The van der Waals surface area contributed by atoms with E-state index in [1.165, 1.54) is 30.1 Å². The lowest BCUT2D eigenvalue weighted by atomic mass is 10.3. The lowest BCUT2D eigenvalue weighted by molar-refractivity contribution is -0.113. The molecule has 1 aromatic carbocycles. The molecule has 0 aliphatic carbocycles. The number of amides is 1. The third-order valence-corrected chi connectivity index (χ3v) is 5.72. The Hall–Kier alpha value is -3.35. The summed E-state index contributed by atoms with van der Waals surface area (Å²) < 4.78 is 5.92. The van der Waals surface area contributed by atoms with Crippen molar-refractivity contribution >= 4 is 63.7 Å². The number of nitrogens with one attached hydrogen (secondary N) is 3. The average Bonchev–Trinajstić information content (AvgIpc) is 3.42. The van der Waals surface area contributed by atoms with Gasteiger partial charge in [-0.2, -0.15) is 10.2 Å². The van der Waals surface area contributed by atoms with Crippen LogP contribution in [0.5, 0.6) is 0 Å². The Morgan fingerprint density at radius 2 is 2.00 bits per heavy atom. The molecule has 0 saturated heterocycles. The predicted molar refractivity (Wildman–Crippen MR) is 119 cm³/mol. The van der Waals surface area contributed by atoms with Gasteiger partial charge in [0, 0.05) is 5.02 Å². The van der Waals surface area contributed by atoms with Crippen LogP contribution in [0.15, 0.2) is 40.5 Å². The van der Waals surface area contributed by atoms with Gasteiger partial charge in [0.2, 0.25) is 5.91 Å². The number of carbonyl (C=O) groups excluding carboxylic acids is 2. The number of ether oxygens (including phenoxy) is 1. The summed E-state index contributed by atoms with van der Waals surface area (Å²) in [6.45, 7) is 0. The number of rotatable bonds is 6. The van der Waals surface area contributed by atoms with Crippen LogP contribution >= 0.6 is 35.0 Å². The zero-order valence-electron chi connectivity index (χ0n) is 16.2. The Morgan fingerprint density at radius 3 is 2.75 bits per heavy atom. The van der Waals surface area contributed by atoms with Gasteiger partial charge in [-0.3, -0.25) is 24.4 Å². The molecule has 164 valence electrons. The molecule has 1 amide bonds. The number of fused-ring (bicyclic) bond motifs is 1. The number of thioether (sulfide) groups is 1. The van der Waals surface area contributed by atoms with Crippen molar-refractivity contribution in [3.8, 4) is 5.69 Å². The Labute approximate surface area is 193 Å². The summed E-state index contributed by atoms with van der Waals surface area (Å²) in [5.41, 5.74) is 0.270. The van der Waals surface area contributed by atoms with Crippen molar-refractivity contribution in [2.45, 2.75) is 5.16 Å². The minimum Gasteiger partial charge on any atom is -0.465 e. The molecule has 3 aromatic heterocycles. The number of nitrogens with zero attached hydrogens (tertiary/aromatic N) is 4. The van der Waals surface area contributed by atoms with Gasteiger partial charge in [-0.1, -0.05) is 35.0 Å². The molecule has 11 nitrogen and oxygen atoms in total. The largest absolute Gasteiger partial charge is 0.465 e. The van der Waals surface area contributed by atoms with Gasteiger partial charge in [-0.25, -0.2) is 9.78 Å². The number of carbonyl (C=O) groups is 2. The van der Waals surface area contributed by atoms with Gasteiger partial charge in [0.1, 0.15) is 16.8 Å². The fourth-order valence-electron chi connectivity index (χ4n) is 2.80. The number of methoxy groups -OCH3 is 1. The molecule has 0 unspecified atom stereocenters. The predicted octanol–water partition coefficient (Wildman–Crippen LogP) is 2.66. The maximum atomic E-state index is 13.1. The lowest BCUT2D eigenvalue weighted by Gasteiger charge is -2.13. The first-order chi connectivity index (χ1) is 15.4. The number of hydrogen-bond donors (Lipinski definition) is 3. The molecule has 4 rings (SSSR count). The molecule has 0 bridgehead atoms. The van der Waals surface area contributed by atoms with E-state index in [1.54, 1.807) is 12.1 Å². The minimum absolute atomic E-state index is 0.0766. The summed E-state index contributed by atoms with van der Waals surface area (Å²) >= 11 is 13.3. The molecule has 0 saturated carbocycles. The second-order valence-electron chi connectivity index (χ2n) is 6.25. The number of aromatic amines is 2. The standard InChI is InChI=1S/C18H13Cl2N7O4S/c1-31-17(30)10-6-22-26-15(10)23-13(28)7-32-18-24-14-9(5-21-25-14)16(29)27(18)12-3-2-8(19)4-11(12)20/h2-6H,7H2,1H3,(H,21,25)(H2,22,23,26,28). The zero-order chi connectivity index (χ0) is 22.8.